The number of rotatable bonds is 3. The predicted octanol–water partition coefficient (Wildman–Crippen LogP) is 2.15. The zero-order chi connectivity index (χ0) is 13.7. The summed E-state index contributed by atoms with van der Waals surface area (Å²) in [7, 11) is 0. The van der Waals surface area contributed by atoms with E-state index in [2.05, 4.69) is 15.2 Å². The third kappa shape index (κ3) is 2.14. The minimum absolute atomic E-state index is 0.0688. The standard InChI is InChI=1S/C14H14FN3OS/c15-9-1-4-11-12(5-9)20-14(17-11)18-6-8(7-18)13(19)16-10-2-3-10/h1,4-5,8,10H,2-3,6-7H2,(H,16,19). The van der Waals surface area contributed by atoms with Crippen molar-refractivity contribution in [3.8, 4) is 0 Å². The Morgan fingerprint density at radius 2 is 2.20 bits per heavy atom. The topological polar surface area (TPSA) is 45.2 Å². The molecule has 0 atom stereocenters. The van der Waals surface area contributed by atoms with Crippen LogP contribution in [0.4, 0.5) is 9.52 Å². The minimum atomic E-state index is -0.238. The number of hydrogen-bond acceptors (Lipinski definition) is 4. The summed E-state index contributed by atoms with van der Waals surface area (Å²) in [6.07, 6.45) is 2.23. The lowest BCUT2D eigenvalue weighted by atomic mass is 10.0. The third-order valence-electron chi connectivity index (χ3n) is 3.79. The molecule has 2 fully saturated rings. The highest BCUT2D eigenvalue weighted by molar-refractivity contribution is 7.22. The maximum absolute atomic E-state index is 13.2. The molecule has 0 spiro atoms. The van der Waals surface area contributed by atoms with Crippen LogP contribution in [-0.2, 0) is 4.79 Å². The maximum Gasteiger partial charge on any atom is 0.226 e. The number of halogens is 1. The van der Waals surface area contributed by atoms with E-state index >= 15 is 0 Å². The largest absolute Gasteiger partial charge is 0.353 e. The molecule has 20 heavy (non-hydrogen) atoms. The molecule has 6 heteroatoms. The van der Waals surface area contributed by atoms with Crippen LogP contribution in [0.1, 0.15) is 12.8 Å². The molecule has 4 rings (SSSR count). The summed E-state index contributed by atoms with van der Waals surface area (Å²) in [6, 6.07) is 5.05. The average Bonchev–Trinajstić information content (AvgIpc) is 3.05. The molecule has 1 saturated heterocycles. The Balaban J connectivity index is 1.44. The van der Waals surface area contributed by atoms with Gasteiger partial charge in [0, 0.05) is 19.1 Å². The molecule has 4 nitrogen and oxygen atoms in total. The fourth-order valence-corrected chi connectivity index (χ4v) is 3.38. The molecule has 1 aliphatic carbocycles. The number of carbonyl (C=O) groups is 1. The van der Waals surface area contributed by atoms with E-state index in [9.17, 15) is 9.18 Å². The molecule has 2 aromatic rings. The summed E-state index contributed by atoms with van der Waals surface area (Å²) in [4.78, 5) is 18.4. The van der Waals surface area contributed by atoms with Gasteiger partial charge in [-0.2, -0.15) is 0 Å². The molecule has 1 aromatic carbocycles. The van der Waals surface area contributed by atoms with Crippen LogP contribution in [0.3, 0.4) is 0 Å². The molecule has 2 aliphatic rings. The minimum Gasteiger partial charge on any atom is -0.353 e. The van der Waals surface area contributed by atoms with Crippen LogP contribution in [0.15, 0.2) is 18.2 Å². The highest BCUT2D eigenvalue weighted by Crippen LogP contribution is 2.33. The van der Waals surface area contributed by atoms with Crippen molar-refractivity contribution in [3.05, 3.63) is 24.0 Å². The van der Waals surface area contributed by atoms with E-state index in [4.69, 9.17) is 0 Å². The van der Waals surface area contributed by atoms with Gasteiger partial charge >= 0.3 is 0 Å². The number of nitrogens with zero attached hydrogens (tertiary/aromatic N) is 2. The number of aromatic nitrogens is 1. The Morgan fingerprint density at radius 3 is 2.95 bits per heavy atom. The molecule has 2 heterocycles. The Labute approximate surface area is 119 Å². The van der Waals surface area contributed by atoms with Crippen LogP contribution in [0.2, 0.25) is 0 Å². The molecule has 0 unspecified atom stereocenters. The van der Waals surface area contributed by atoms with E-state index in [0.29, 0.717) is 19.1 Å². The summed E-state index contributed by atoms with van der Waals surface area (Å²) in [6.45, 7) is 1.42. The molecular weight excluding hydrogens is 277 g/mol. The van der Waals surface area contributed by atoms with Crippen molar-refractivity contribution in [2.24, 2.45) is 5.92 Å². The van der Waals surface area contributed by atoms with E-state index in [-0.39, 0.29) is 17.6 Å². The maximum atomic E-state index is 13.2. The van der Waals surface area contributed by atoms with E-state index in [1.807, 2.05) is 0 Å². The van der Waals surface area contributed by atoms with Crippen molar-refractivity contribution in [2.45, 2.75) is 18.9 Å². The van der Waals surface area contributed by atoms with Crippen molar-refractivity contribution in [1.82, 2.24) is 10.3 Å². The molecule has 104 valence electrons. The fraction of sp³-hybridized carbons (Fsp3) is 0.429. The van der Waals surface area contributed by atoms with Crippen molar-refractivity contribution >= 4 is 32.6 Å². The molecular formula is C14H14FN3OS. The average molecular weight is 291 g/mol. The number of amides is 1. The lowest BCUT2D eigenvalue weighted by molar-refractivity contribution is -0.125. The first kappa shape index (κ1) is 12.1. The first-order valence-corrected chi connectivity index (χ1v) is 7.62. The number of anilines is 1. The van der Waals surface area contributed by atoms with Gasteiger partial charge in [-0.15, -0.1) is 0 Å². The summed E-state index contributed by atoms with van der Waals surface area (Å²) in [5.74, 6) is -0.00625. The smallest absolute Gasteiger partial charge is 0.226 e. The highest BCUT2D eigenvalue weighted by Gasteiger charge is 2.36. The normalized spacial score (nSPS) is 19.1. The Kier molecular flexibility index (Phi) is 2.66. The molecule has 1 saturated carbocycles. The van der Waals surface area contributed by atoms with Gasteiger partial charge in [-0.1, -0.05) is 11.3 Å². The zero-order valence-corrected chi connectivity index (χ0v) is 11.6. The summed E-state index contributed by atoms with van der Waals surface area (Å²) < 4.78 is 14.0. The zero-order valence-electron chi connectivity index (χ0n) is 10.8. The van der Waals surface area contributed by atoms with E-state index < -0.39 is 0 Å². The summed E-state index contributed by atoms with van der Waals surface area (Å²) in [5.41, 5.74) is 0.817. The van der Waals surface area contributed by atoms with Crippen LogP contribution < -0.4 is 10.2 Å². The van der Waals surface area contributed by atoms with E-state index in [1.165, 1.54) is 23.5 Å². The van der Waals surface area contributed by atoms with Crippen molar-refractivity contribution in [2.75, 3.05) is 18.0 Å². The van der Waals surface area contributed by atoms with E-state index in [1.54, 1.807) is 6.07 Å². The van der Waals surface area contributed by atoms with Gasteiger partial charge in [0.25, 0.3) is 0 Å². The molecule has 1 aliphatic heterocycles. The van der Waals surface area contributed by atoms with Gasteiger partial charge < -0.3 is 10.2 Å². The van der Waals surface area contributed by atoms with Crippen molar-refractivity contribution < 1.29 is 9.18 Å². The second-order valence-corrected chi connectivity index (χ2v) is 6.50. The summed E-state index contributed by atoms with van der Waals surface area (Å²) >= 11 is 1.48. The van der Waals surface area contributed by atoms with Gasteiger partial charge in [0.2, 0.25) is 5.91 Å². The van der Waals surface area contributed by atoms with Crippen LogP contribution in [0.25, 0.3) is 10.2 Å². The van der Waals surface area contributed by atoms with Crippen LogP contribution in [0.5, 0.6) is 0 Å². The van der Waals surface area contributed by atoms with Crippen LogP contribution >= 0.6 is 11.3 Å². The Morgan fingerprint density at radius 1 is 1.40 bits per heavy atom. The van der Waals surface area contributed by atoms with Crippen molar-refractivity contribution in [1.29, 1.82) is 0 Å². The molecule has 0 bridgehead atoms. The number of fused-ring (bicyclic) bond motifs is 1. The quantitative estimate of drug-likeness (QED) is 0.942. The van der Waals surface area contributed by atoms with E-state index in [0.717, 1.165) is 28.2 Å². The van der Waals surface area contributed by atoms with Crippen LogP contribution in [-0.4, -0.2) is 30.0 Å². The lowest BCUT2D eigenvalue weighted by Crippen LogP contribution is -2.54. The second kappa shape index (κ2) is 4.41. The molecule has 0 radical (unpaired) electrons. The number of hydrogen-bond donors (Lipinski definition) is 1. The number of carbonyl (C=O) groups excluding carboxylic acids is 1. The Bertz CT molecular complexity index is 676. The van der Waals surface area contributed by atoms with Gasteiger partial charge in [0.1, 0.15) is 5.82 Å². The van der Waals surface area contributed by atoms with Gasteiger partial charge in [0.05, 0.1) is 16.1 Å². The highest BCUT2D eigenvalue weighted by atomic mass is 32.1. The number of benzene rings is 1. The van der Waals surface area contributed by atoms with Gasteiger partial charge in [0.15, 0.2) is 5.13 Å². The number of thiazole rings is 1. The molecule has 1 amide bonds. The first-order chi connectivity index (χ1) is 9.69. The molecule has 1 aromatic heterocycles. The SMILES string of the molecule is O=C(NC1CC1)C1CN(c2nc3ccc(F)cc3s2)C1. The molecule has 1 N–H and O–H groups in total. The fourth-order valence-electron chi connectivity index (χ4n) is 2.37. The third-order valence-corrected chi connectivity index (χ3v) is 4.86. The predicted molar refractivity (Wildman–Crippen MR) is 76.4 cm³/mol. The Hall–Kier alpha value is -1.69. The summed E-state index contributed by atoms with van der Waals surface area (Å²) in [5, 5.41) is 3.91. The second-order valence-electron chi connectivity index (χ2n) is 5.49. The van der Waals surface area contributed by atoms with Gasteiger partial charge in [-0.3, -0.25) is 4.79 Å². The van der Waals surface area contributed by atoms with Gasteiger partial charge in [-0.25, -0.2) is 9.37 Å². The van der Waals surface area contributed by atoms with Gasteiger partial charge in [-0.05, 0) is 31.0 Å². The number of nitrogens with one attached hydrogen (secondary N) is 1. The van der Waals surface area contributed by atoms with Crippen LogP contribution in [0, 0.1) is 11.7 Å². The van der Waals surface area contributed by atoms with Crippen molar-refractivity contribution in [3.63, 3.8) is 0 Å². The first-order valence-electron chi connectivity index (χ1n) is 6.80. The lowest BCUT2D eigenvalue weighted by Gasteiger charge is -2.37. The monoisotopic (exact) mass is 291 g/mol.